The Hall–Kier alpha value is -1.06. The molecule has 4 heteroatoms. The van der Waals surface area contributed by atoms with E-state index in [1.807, 2.05) is 4.90 Å². The zero-order chi connectivity index (χ0) is 12.3. The highest BCUT2D eigenvalue weighted by molar-refractivity contribution is 5.86. The van der Waals surface area contributed by atoms with Crippen molar-refractivity contribution in [2.45, 2.75) is 51.5 Å². The first kappa shape index (κ1) is 12.4. The van der Waals surface area contributed by atoms with Crippen LogP contribution in [0.1, 0.15) is 45.4 Å². The molecule has 0 unspecified atom stereocenters. The van der Waals surface area contributed by atoms with Crippen molar-refractivity contribution in [3.8, 4) is 0 Å². The molecule has 96 valence electrons. The van der Waals surface area contributed by atoms with Gasteiger partial charge in [-0.2, -0.15) is 0 Å². The zero-order valence-corrected chi connectivity index (χ0v) is 10.7. The van der Waals surface area contributed by atoms with E-state index in [9.17, 15) is 9.59 Å². The Labute approximate surface area is 103 Å². The lowest BCUT2D eigenvalue weighted by atomic mass is 10.00. The van der Waals surface area contributed by atoms with Gasteiger partial charge < -0.3 is 9.80 Å². The molecule has 0 spiro atoms. The molecule has 0 N–H and O–H groups in total. The maximum absolute atomic E-state index is 12.2. The molecular formula is C13H22N2O2. The van der Waals surface area contributed by atoms with Gasteiger partial charge >= 0.3 is 0 Å². The van der Waals surface area contributed by atoms with Crippen molar-refractivity contribution in [1.29, 1.82) is 0 Å². The second-order valence-corrected chi connectivity index (χ2v) is 5.06. The summed E-state index contributed by atoms with van der Waals surface area (Å²) in [4.78, 5) is 27.4. The van der Waals surface area contributed by atoms with Crippen LogP contribution in [-0.4, -0.2) is 47.3 Å². The number of nitrogens with zero attached hydrogens (tertiary/aromatic N) is 2. The van der Waals surface area contributed by atoms with E-state index in [2.05, 4.69) is 6.92 Å². The molecule has 0 aromatic heterocycles. The molecule has 2 saturated heterocycles. The van der Waals surface area contributed by atoms with Gasteiger partial charge in [0.25, 0.3) is 0 Å². The Kier molecular flexibility index (Phi) is 4.02. The third kappa shape index (κ3) is 2.79. The lowest BCUT2D eigenvalue weighted by Gasteiger charge is -2.36. The Bertz CT molecular complexity index is 304. The number of hydrogen-bond donors (Lipinski definition) is 0. The van der Waals surface area contributed by atoms with Crippen molar-refractivity contribution in [3.05, 3.63) is 0 Å². The number of carbonyl (C=O) groups excluding carboxylic acids is 2. The topological polar surface area (TPSA) is 40.6 Å². The summed E-state index contributed by atoms with van der Waals surface area (Å²) in [6, 6.07) is 0.397. The predicted molar refractivity (Wildman–Crippen MR) is 65.5 cm³/mol. The van der Waals surface area contributed by atoms with Gasteiger partial charge in [0.05, 0.1) is 6.54 Å². The van der Waals surface area contributed by atoms with Gasteiger partial charge in [0.2, 0.25) is 11.8 Å². The molecule has 2 aliphatic heterocycles. The number of carbonyl (C=O) groups is 2. The third-order valence-electron chi connectivity index (χ3n) is 3.92. The molecular weight excluding hydrogens is 216 g/mol. The van der Waals surface area contributed by atoms with Crippen molar-refractivity contribution in [2.75, 3.05) is 19.6 Å². The highest BCUT2D eigenvalue weighted by atomic mass is 16.2. The first-order valence-electron chi connectivity index (χ1n) is 6.79. The van der Waals surface area contributed by atoms with Gasteiger partial charge in [-0.3, -0.25) is 9.59 Å². The van der Waals surface area contributed by atoms with Crippen molar-refractivity contribution < 1.29 is 9.59 Å². The molecule has 2 aliphatic rings. The second kappa shape index (κ2) is 5.52. The number of likely N-dealkylation sites (tertiary alicyclic amines) is 2. The molecule has 0 aromatic carbocycles. The zero-order valence-electron chi connectivity index (χ0n) is 10.7. The van der Waals surface area contributed by atoms with Crippen LogP contribution in [0.15, 0.2) is 0 Å². The number of piperidine rings is 1. The van der Waals surface area contributed by atoms with Gasteiger partial charge in [0.1, 0.15) is 0 Å². The highest BCUT2D eigenvalue weighted by Crippen LogP contribution is 2.20. The average Bonchev–Trinajstić information content (AvgIpc) is 2.75. The van der Waals surface area contributed by atoms with Crippen LogP contribution in [0.2, 0.25) is 0 Å². The summed E-state index contributed by atoms with van der Waals surface area (Å²) >= 11 is 0. The fourth-order valence-electron chi connectivity index (χ4n) is 2.88. The van der Waals surface area contributed by atoms with Crippen LogP contribution in [0, 0.1) is 0 Å². The van der Waals surface area contributed by atoms with E-state index >= 15 is 0 Å². The molecule has 2 fully saturated rings. The minimum absolute atomic E-state index is 0.142. The minimum Gasteiger partial charge on any atom is -0.338 e. The first-order valence-corrected chi connectivity index (χ1v) is 6.79. The van der Waals surface area contributed by atoms with Gasteiger partial charge in [0, 0.05) is 25.6 Å². The summed E-state index contributed by atoms with van der Waals surface area (Å²) in [5, 5.41) is 0. The van der Waals surface area contributed by atoms with E-state index in [0.717, 1.165) is 38.8 Å². The summed E-state index contributed by atoms with van der Waals surface area (Å²) in [6.45, 7) is 4.07. The summed E-state index contributed by atoms with van der Waals surface area (Å²) < 4.78 is 0. The minimum atomic E-state index is 0.142. The third-order valence-corrected chi connectivity index (χ3v) is 3.92. The van der Waals surface area contributed by atoms with Crippen LogP contribution >= 0.6 is 0 Å². The maximum atomic E-state index is 12.2. The van der Waals surface area contributed by atoms with E-state index in [0.29, 0.717) is 19.0 Å². The first-order chi connectivity index (χ1) is 8.22. The fourth-order valence-corrected chi connectivity index (χ4v) is 2.88. The summed E-state index contributed by atoms with van der Waals surface area (Å²) in [5.41, 5.74) is 0. The Morgan fingerprint density at radius 2 is 2.12 bits per heavy atom. The number of amides is 2. The Morgan fingerprint density at radius 1 is 1.29 bits per heavy atom. The summed E-state index contributed by atoms with van der Waals surface area (Å²) in [7, 11) is 0. The van der Waals surface area contributed by atoms with Gasteiger partial charge in [-0.25, -0.2) is 0 Å². The van der Waals surface area contributed by atoms with Crippen LogP contribution in [0.25, 0.3) is 0 Å². The second-order valence-electron chi connectivity index (χ2n) is 5.06. The van der Waals surface area contributed by atoms with E-state index < -0.39 is 0 Å². The van der Waals surface area contributed by atoms with E-state index in [-0.39, 0.29) is 11.8 Å². The van der Waals surface area contributed by atoms with Crippen LogP contribution in [0.4, 0.5) is 0 Å². The van der Waals surface area contributed by atoms with E-state index in [1.165, 1.54) is 6.42 Å². The Morgan fingerprint density at radius 3 is 2.76 bits per heavy atom. The maximum Gasteiger partial charge on any atom is 0.242 e. The van der Waals surface area contributed by atoms with E-state index in [4.69, 9.17) is 0 Å². The molecule has 0 aromatic rings. The van der Waals surface area contributed by atoms with Gasteiger partial charge in [-0.15, -0.1) is 0 Å². The van der Waals surface area contributed by atoms with Gasteiger partial charge in [-0.1, -0.05) is 6.92 Å². The standard InChI is InChI=1S/C13H22N2O2/c1-2-11-6-3-4-9-15(11)13(17)10-14-8-5-7-12(14)16/h11H,2-10H2,1H3/t11-/m0/s1. The highest BCUT2D eigenvalue weighted by Gasteiger charge is 2.29. The van der Waals surface area contributed by atoms with Gasteiger partial charge in [-0.05, 0) is 32.1 Å². The SMILES string of the molecule is CC[C@H]1CCCCN1C(=O)CN1CCCC1=O. The largest absolute Gasteiger partial charge is 0.338 e. The quantitative estimate of drug-likeness (QED) is 0.745. The van der Waals surface area contributed by atoms with Crippen LogP contribution in [-0.2, 0) is 9.59 Å². The van der Waals surface area contributed by atoms with Crippen molar-refractivity contribution in [2.24, 2.45) is 0 Å². The molecule has 0 radical (unpaired) electrons. The average molecular weight is 238 g/mol. The van der Waals surface area contributed by atoms with Crippen molar-refractivity contribution in [1.82, 2.24) is 9.80 Å². The smallest absolute Gasteiger partial charge is 0.242 e. The van der Waals surface area contributed by atoms with Gasteiger partial charge in [0.15, 0.2) is 0 Å². The van der Waals surface area contributed by atoms with E-state index in [1.54, 1.807) is 4.90 Å². The molecule has 4 nitrogen and oxygen atoms in total. The Balaban J connectivity index is 1.91. The normalized spacial score (nSPS) is 25.5. The van der Waals surface area contributed by atoms with Crippen molar-refractivity contribution >= 4 is 11.8 Å². The van der Waals surface area contributed by atoms with Crippen molar-refractivity contribution in [3.63, 3.8) is 0 Å². The lowest BCUT2D eigenvalue weighted by Crippen LogP contribution is -2.48. The summed E-state index contributed by atoms with van der Waals surface area (Å²) in [5.74, 6) is 0.287. The number of rotatable bonds is 3. The molecule has 2 rings (SSSR count). The fraction of sp³-hybridized carbons (Fsp3) is 0.846. The molecule has 2 amide bonds. The monoisotopic (exact) mass is 238 g/mol. The predicted octanol–water partition coefficient (Wildman–Crippen LogP) is 1.40. The van der Waals surface area contributed by atoms with Crippen LogP contribution < -0.4 is 0 Å². The molecule has 2 heterocycles. The lowest BCUT2D eigenvalue weighted by molar-refractivity contribution is -0.140. The molecule has 1 atom stereocenters. The molecule has 17 heavy (non-hydrogen) atoms. The van der Waals surface area contributed by atoms with Crippen LogP contribution in [0.3, 0.4) is 0 Å². The van der Waals surface area contributed by atoms with Crippen LogP contribution in [0.5, 0.6) is 0 Å². The molecule has 0 bridgehead atoms. The molecule has 0 aliphatic carbocycles. The number of hydrogen-bond acceptors (Lipinski definition) is 2. The summed E-state index contributed by atoms with van der Waals surface area (Å²) in [6.07, 6.45) is 6.00. The molecule has 0 saturated carbocycles.